The summed E-state index contributed by atoms with van der Waals surface area (Å²) in [6.07, 6.45) is 4.16. The molecule has 0 N–H and O–H groups in total. The van der Waals surface area contributed by atoms with Gasteiger partial charge in [-0.1, -0.05) is 54.1 Å². The SMILES string of the molecule is CSc1ccc(-c2cnn(-c3ccc(F)c(Cl)c3)c(=O)c2Cc2ccccc2)cc1. The number of aromatic nitrogens is 2. The zero-order valence-corrected chi connectivity index (χ0v) is 17.8. The van der Waals surface area contributed by atoms with Gasteiger partial charge in [0, 0.05) is 22.4 Å². The van der Waals surface area contributed by atoms with E-state index in [9.17, 15) is 9.18 Å². The number of hydrogen-bond acceptors (Lipinski definition) is 3. The molecule has 1 aromatic heterocycles. The van der Waals surface area contributed by atoms with Crippen LogP contribution in [0.3, 0.4) is 0 Å². The molecule has 30 heavy (non-hydrogen) atoms. The van der Waals surface area contributed by atoms with Gasteiger partial charge < -0.3 is 0 Å². The summed E-state index contributed by atoms with van der Waals surface area (Å²) in [7, 11) is 0. The van der Waals surface area contributed by atoms with Gasteiger partial charge >= 0.3 is 0 Å². The van der Waals surface area contributed by atoms with Gasteiger partial charge in [-0.15, -0.1) is 11.8 Å². The van der Waals surface area contributed by atoms with Crippen molar-refractivity contribution in [1.82, 2.24) is 9.78 Å². The second kappa shape index (κ2) is 8.86. The lowest BCUT2D eigenvalue weighted by atomic mass is 9.97. The van der Waals surface area contributed by atoms with Crippen LogP contribution in [0.4, 0.5) is 4.39 Å². The van der Waals surface area contributed by atoms with E-state index in [4.69, 9.17) is 11.6 Å². The molecule has 3 nitrogen and oxygen atoms in total. The average Bonchev–Trinajstić information content (AvgIpc) is 2.78. The minimum Gasteiger partial charge on any atom is -0.267 e. The van der Waals surface area contributed by atoms with Gasteiger partial charge in [0.2, 0.25) is 0 Å². The molecule has 4 rings (SSSR count). The predicted molar refractivity (Wildman–Crippen MR) is 121 cm³/mol. The number of nitrogens with zero attached hydrogens (tertiary/aromatic N) is 2. The Morgan fingerprint density at radius 1 is 1.03 bits per heavy atom. The molecule has 0 spiro atoms. The summed E-state index contributed by atoms with van der Waals surface area (Å²) in [5, 5.41) is 4.31. The van der Waals surface area contributed by atoms with Crippen LogP contribution in [0, 0.1) is 5.82 Å². The molecule has 4 aromatic rings. The molecular formula is C24H18ClFN2OS. The number of rotatable bonds is 5. The van der Waals surface area contributed by atoms with E-state index in [1.165, 1.54) is 22.9 Å². The van der Waals surface area contributed by atoms with Crippen molar-refractivity contribution in [1.29, 1.82) is 0 Å². The summed E-state index contributed by atoms with van der Waals surface area (Å²) in [5.41, 5.74) is 3.51. The Hall–Kier alpha value is -2.89. The summed E-state index contributed by atoms with van der Waals surface area (Å²) < 4.78 is 14.9. The number of hydrogen-bond donors (Lipinski definition) is 0. The minimum atomic E-state index is -0.538. The first kappa shape index (κ1) is 20.4. The number of halogens is 2. The van der Waals surface area contributed by atoms with E-state index in [1.54, 1.807) is 18.0 Å². The summed E-state index contributed by atoms with van der Waals surface area (Å²) in [5.74, 6) is -0.538. The van der Waals surface area contributed by atoms with Gasteiger partial charge in [-0.3, -0.25) is 4.79 Å². The van der Waals surface area contributed by atoms with E-state index in [-0.39, 0.29) is 10.6 Å². The second-order valence-corrected chi connectivity index (χ2v) is 8.03. The largest absolute Gasteiger partial charge is 0.275 e. The van der Waals surface area contributed by atoms with Crippen LogP contribution in [0.15, 0.2) is 88.7 Å². The lowest BCUT2D eigenvalue weighted by molar-refractivity contribution is 0.627. The Morgan fingerprint density at radius 3 is 2.43 bits per heavy atom. The first-order valence-electron chi connectivity index (χ1n) is 9.32. The quantitative estimate of drug-likeness (QED) is 0.359. The van der Waals surface area contributed by atoms with Crippen LogP contribution in [-0.2, 0) is 6.42 Å². The van der Waals surface area contributed by atoms with Crippen molar-refractivity contribution in [2.75, 3.05) is 6.26 Å². The lowest BCUT2D eigenvalue weighted by Crippen LogP contribution is -2.25. The molecular weight excluding hydrogens is 419 g/mol. The fraction of sp³-hybridized carbons (Fsp3) is 0.0833. The van der Waals surface area contributed by atoms with Gasteiger partial charge in [-0.05, 0) is 47.7 Å². The highest BCUT2D eigenvalue weighted by molar-refractivity contribution is 7.98. The third-order valence-electron chi connectivity index (χ3n) is 4.85. The molecule has 0 aliphatic carbocycles. The third kappa shape index (κ3) is 4.18. The normalized spacial score (nSPS) is 10.9. The monoisotopic (exact) mass is 436 g/mol. The molecule has 0 amide bonds. The zero-order chi connectivity index (χ0) is 21.1. The molecule has 6 heteroatoms. The van der Waals surface area contributed by atoms with E-state index in [0.29, 0.717) is 17.7 Å². The molecule has 0 radical (unpaired) electrons. The van der Waals surface area contributed by atoms with Gasteiger partial charge in [0.25, 0.3) is 5.56 Å². The fourth-order valence-corrected chi connectivity index (χ4v) is 3.86. The van der Waals surface area contributed by atoms with Crippen molar-refractivity contribution < 1.29 is 4.39 Å². The first-order valence-corrected chi connectivity index (χ1v) is 10.9. The van der Waals surface area contributed by atoms with Crippen molar-refractivity contribution in [3.05, 3.63) is 111 Å². The molecule has 150 valence electrons. The molecule has 0 fully saturated rings. The Balaban J connectivity index is 1.88. The zero-order valence-electron chi connectivity index (χ0n) is 16.2. The van der Waals surface area contributed by atoms with Crippen LogP contribution in [0.1, 0.15) is 11.1 Å². The Kier molecular flexibility index (Phi) is 6.02. The van der Waals surface area contributed by atoms with Crippen molar-refractivity contribution in [3.63, 3.8) is 0 Å². The fourth-order valence-electron chi connectivity index (χ4n) is 3.28. The van der Waals surface area contributed by atoms with E-state index in [1.807, 2.05) is 60.9 Å². The number of benzene rings is 3. The van der Waals surface area contributed by atoms with Gasteiger partial charge in [0.1, 0.15) is 5.82 Å². The minimum absolute atomic E-state index is 0.0532. The molecule has 3 aromatic carbocycles. The van der Waals surface area contributed by atoms with Crippen LogP contribution >= 0.6 is 23.4 Å². The number of thioether (sulfide) groups is 1. The first-order chi connectivity index (χ1) is 14.6. The summed E-state index contributed by atoms with van der Waals surface area (Å²) >= 11 is 7.58. The van der Waals surface area contributed by atoms with Gasteiger partial charge in [-0.2, -0.15) is 9.78 Å². The second-order valence-electron chi connectivity index (χ2n) is 6.74. The smallest absolute Gasteiger partial charge is 0.267 e. The van der Waals surface area contributed by atoms with Crippen molar-refractivity contribution >= 4 is 23.4 Å². The summed E-state index contributed by atoms with van der Waals surface area (Å²) in [6.45, 7) is 0. The van der Waals surface area contributed by atoms with E-state index in [0.717, 1.165) is 21.6 Å². The van der Waals surface area contributed by atoms with Crippen LogP contribution in [-0.4, -0.2) is 16.0 Å². The Labute approximate surface area is 183 Å². The molecule has 0 saturated heterocycles. The highest BCUT2D eigenvalue weighted by Gasteiger charge is 2.16. The molecule has 0 atom stereocenters. The van der Waals surface area contributed by atoms with Crippen LogP contribution < -0.4 is 5.56 Å². The highest BCUT2D eigenvalue weighted by Crippen LogP contribution is 2.26. The molecule has 0 aliphatic rings. The predicted octanol–water partition coefficient (Wildman–Crippen LogP) is 6.00. The van der Waals surface area contributed by atoms with Crippen molar-refractivity contribution in [2.24, 2.45) is 0 Å². The maximum atomic E-state index is 13.6. The standard InChI is InChI=1S/C24H18ClFN2OS/c1-30-19-10-7-17(8-11-19)21-15-27-28(18-9-12-23(26)22(25)14-18)24(29)20(21)13-16-5-3-2-4-6-16/h2-12,14-15H,13H2,1H3. The van der Waals surface area contributed by atoms with Crippen molar-refractivity contribution in [2.45, 2.75) is 11.3 Å². The molecule has 1 heterocycles. The van der Waals surface area contributed by atoms with Gasteiger partial charge in [0.05, 0.1) is 16.9 Å². The molecule has 0 bridgehead atoms. The summed E-state index contributed by atoms with van der Waals surface area (Å²) in [6, 6.07) is 22.0. The van der Waals surface area contributed by atoms with E-state index in [2.05, 4.69) is 5.10 Å². The van der Waals surface area contributed by atoms with E-state index < -0.39 is 5.82 Å². The highest BCUT2D eigenvalue weighted by atomic mass is 35.5. The van der Waals surface area contributed by atoms with Gasteiger partial charge in [0.15, 0.2) is 0 Å². The van der Waals surface area contributed by atoms with Crippen LogP contribution in [0.25, 0.3) is 16.8 Å². The maximum absolute atomic E-state index is 13.6. The molecule has 0 unspecified atom stereocenters. The maximum Gasteiger partial charge on any atom is 0.275 e. The summed E-state index contributed by atoms with van der Waals surface area (Å²) in [4.78, 5) is 14.6. The van der Waals surface area contributed by atoms with Crippen LogP contribution in [0.5, 0.6) is 0 Å². The lowest BCUT2D eigenvalue weighted by Gasteiger charge is -2.13. The van der Waals surface area contributed by atoms with Crippen molar-refractivity contribution in [3.8, 4) is 16.8 Å². The third-order valence-corrected chi connectivity index (χ3v) is 5.88. The Morgan fingerprint density at radius 2 is 1.77 bits per heavy atom. The average molecular weight is 437 g/mol. The van der Waals surface area contributed by atoms with Gasteiger partial charge in [-0.25, -0.2) is 4.39 Å². The van der Waals surface area contributed by atoms with E-state index >= 15 is 0 Å². The van der Waals surface area contributed by atoms with Crippen LogP contribution in [0.2, 0.25) is 5.02 Å². The molecule has 0 aliphatic heterocycles. The topological polar surface area (TPSA) is 34.9 Å². The molecule has 0 saturated carbocycles. The Bertz CT molecular complexity index is 1240.